The zero-order chi connectivity index (χ0) is 16.7. The lowest BCUT2D eigenvalue weighted by Gasteiger charge is -2.13. The zero-order valence-corrected chi connectivity index (χ0v) is 13.4. The number of hydrogen-bond donors (Lipinski definition) is 1. The fourth-order valence-corrected chi connectivity index (χ4v) is 3.03. The maximum absolute atomic E-state index is 12.3. The number of carbonyl (C=O) groups is 1. The molecule has 24 heavy (non-hydrogen) atoms. The van der Waals surface area contributed by atoms with E-state index < -0.39 is 0 Å². The van der Waals surface area contributed by atoms with Crippen LogP contribution in [-0.4, -0.2) is 30.8 Å². The minimum Gasteiger partial charge on any atom is -0.342 e. The second-order valence-corrected chi connectivity index (χ2v) is 5.88. The predicted molar refractivity (Wildman–Crippen MR) is 84.0 cm³/mol. The van der Waals surface area contributed by atoms with E-state index in [9.17, 15) is 4.79 Å². The summed E-state index contributed by atoms with van der Waals surface area (Å²) in [6.07, 6.45) is 3.26. The lowest BCUT2D eigenvalue weighted by Crippen LogP contribution is -2.29. The van der Waals surface area contributed by atoms with Crippen molar-refractivity contribution in [3.8, 4) is 11.4 Å². The Balaban J connectivity index is 1.56. The van der Waals surface area contributed by atoms with Gasteiger partial charge in [-0.05, 0) is 30.0 Å². The standard InChI is InChI=1S/C16H16N6O2/c1-9-18-14(21-24-9)11-3-5-12-10(7-11)4-6-13(12)19-16(23)15-20-17-8-22(15)2/h3,5,7-8,13H,4,6H2,1-2H3,(H,19,23). The first-order chi connectivity index (χ1) is 11.6. The summed E-state index contributed by atoms with van der Waals surface area (Å²) in [5.74, 6) is 1.22. The van der Waals surface area contributed by atoms with Gasteiger partial charge in [0.05, 0.1) is 6.04 Å². The van der Waals surface area contributed by atoms with Crippen molar-refractivity contribution >= 4 is 5.91 Å². The van der Waals surface area contributed by atoms with Crippen LogP contribution in [0.3, 0.4) is 0 Å². The van der Waals surface area contributed by atoms with Crippen molar-refractivity contribution in [2.45, 2.75) is 25.8 Å². The number of nitrogens with one attached hydrogen (secondary N) is 1. The summed E-state index contributed by atoms with van der Waals surface area (Å²) in [7, 11) is 1.75. The number of rotatable bonds is 3. The van der Waals surface area contributed by atoms with Gasteiger partial charge in [-0.3, -0.25) is 4.79 Å². The molecule has 1 aromatic carbocycles. The van der Waals surface area contributed by atoms with Crippen molar-refractivity contribution in [1.29, 1.82) is 0 Å². The molecule has 2 heterocycles. The molecular weight excluding hydrogens is 308 g/mol. The van der Waals surface area contributed by atoms with Gasteiger partial charge in [-0.1, -0.05) is 17.3 Å². The highest BCUT2D eigenvalue weighted by Crippen LogP contribution is 2.33. The lowest BCUT2D eigenvalue weighted by molar-refractivity contribution is 0.0922. The summed E-state index contributed by atoms with van der Waals surface area (Å²) < 4.78 is 6.64. The van der Waals surface area contributed by atoms with Gasteiger partial charge < -0.3 is 14.4 Å². The van der Waals surface area contributed by atoms with E-state index in [1.54, 1.807) is 18.5 Å². The normalized spacial score (nSPS) is 16.2. The van der Waals surface area contributed by atoms with Gasteiger partial charge in [0, 0.05) is 19.5 Å². The summed E-state index contributed by atoms with van der Waals surface area (Å²) in [4.78, 5) is 16.6. The van der Waals surface area contributed by atoms with Gasteiger partial charge in [0.15, 0.2) is 0 Å². The quantitative estimate of drug-likeness (QED) is 0.785. The maximum Gasteiger partial charge on any atom is 0.289 e. The Hall–Kier alpha value is -3.03. The molecule has 0 radical (unpaired) electrons. The molecule has 4 rings (SSSR count). The minimum absolute atomic E-state index is 0.0229. The van der Waals surface area contributed by atoms with Gasteiger partial charge in [-0.2, -0.15) is 4.98 Å². The van der Waals surface area contributed by atoms with Crippen molar-refractivity contribution in [3.05, 3.63) is 47.4 Å². The highest BCUT2D eigenvalue weighted by molar-refractivity contribution is 5.91. The smallest absolute Gasteiger partial charge is 0.289 e. The van der Waals surface area contributed by atoms with E-state index in [2.05, 4.69) is 31.7 Å². The van der Waals surface area contributed by atoms with E-state index >= 15 is 0 Å². The van der Waals surface area contributed by atoms with Gasteiger partial charge >= 0.3 is 0 Å². The first-order valence-corrected chi connectivity index (χ1v) is 7.70. The second kappa shape index (κ2) is 5.55. The third-order valence-electron chi connectivity index (χ3n) is 4.23. The summed E-state index contributed by atoms with van der Waals surface area (Å²) in [5, 5.41) is 14.6. The lowest BCUT2D eigenvalue weighted by atomic mass is 10.0. The molecule has 122 valence electrons. The van der Waals surface area contributed by atoms with Crippen LogP contribution in [0.5, 0.6) is 0 Å². The van der Waals surface area contributed by atoms with Crippen molar-refractivity contribution in [2.75, 3.05) is 0 Å². The third kappa shape index (κ3) is 2.45. The number of amides is 1. The molecule has 2 aromatic heterocycles. The molecule has 0 saturated heterocycles. The van der Waals surface area contributed by atoms with E-state index in [1.165, 1.54) is 11.9 Å². The molecule has 0 spiro atoms. The Morgan fingerprint density at radius 3 is 3.00 bits per heavy atom. The largest absolute Gasteiger partial charge is 0.342 e. The van der Waals surface area contributed by atoms with Crippen LogP contribution in [0.15, 0.2) is 29.0 Å². The zero-order valence-electron chi connectivity index (χ0n) is 13.4. The molecule has 8 nitrogen and oxygen atoms in total. The summed E-state index contributed by atoms with van der Waals surface area (Å²) in [6, 6.07) is 6.01. The highest BCUT2D eigenvalue weighted by Gasteiger charge is 2.26. The van der Waals surface area contributed by atoms with Crippen LogP contribution in [0.1, 0.15) is 40.1 Å². The molecule has 0 saturated carbocycles. The maximum atomic E-state index is 12.3. The van der Waals surface area contributed by atoms with Crippen LogP contribution in [0.2, 0.25) is 0 Å². The van der Waals surface area contributed by atoms with Crippen LogP contribution in [0.4, 0.5) is 0 Å². The van der Waals surface area contributed by atoms with E-state index in [-0.39, 0.29) is 11.9 Å². The topological polar surface area (TPSA) is 98.7 Å². The van der Waals surface area contributed by atoms with Crippen LogP contribution >= 0.6 is 0 Å². The van der Waals surface area contributed by atoms with E-state index in [0.29, 0.717) is 17.5 Å². The van der Waals surface area contributed by atoms with E-state index in [1.807, 2.05) is 12.1 Å². The average Bonchev–Trinajstić information content (AvgIpc) is 3.27. The van der Waals surface area contributed by atoms with Crippen LogP contribution in [0.25, 0.3) is 11.4 Å². The van der Waals surface area contributed by atoms with Gasteiger partial charge in [0.25, 0.3) is 5.91 Å². The van der Waals surface area contributed by atoms with Crippen molar-refractivity contribution in [3.63, 3.8) is 0 Å². The SMILES string of the molecule is Cc1nc(-c2ccc3c(c2)CCC3NC(=O)c2nncn2C)no1. The first-order valence-electron chi connectivity index (χ1n) is 7.70. The van der Waals surface area contributed by atoms with Gasteiger partial charge in [0.1, 0.15) is 6.33 Å². The highest BCUT2D eigenvalue weighted by atomic mass is 16.5. The Morgan fingerprint density at radius 2 is 2.29 bits per heavy atom. The number of aryl methyl sites for hydroxylation is 3. The molecule has 1 aliphatic rings. The predicted octanol–water partition coefficient (Wildman–Crippen LogP) is 1.59. The molecule has 1 amide bonds. The van der Waals surface area contributed by atoms with Gasteiger partial charge in [-0.25, -0.2) is 0 Å². The van der Waals surface area contributed by atoms with Crippen molar-refractivity contribution < 1.29 is 9.32 Å². The van der Waals surface area contributed by atoms with Crippen molar-refractivity contribution in [2.24, 2.45) is 7.05 Å². The minimum atomic E-state index is -0.217. The molecule has 1 N–H and O–H groups in total. The fourth-order valence-electron chi connectivity index (χ4n) is 3.03. The Morgan fingerprint density at radius 1 is 1.42 bits per heavy atom. The van der Waals surface area contributed by atoms with E-state index in [4.69, 9.17) is 4.52 Å². The van der Waals surface area contributed by atoms with Crippen LogP contribution in [0, 0.1) is 6.92 Å². The summed E-state index contributed by atoms with van der Waals surface area (Å²) in [6.45, 7) is 1.77. The fraction of sp³-hybridized carbons (Fsp3) is 0.312. The number of benzene rings is 1. The molecule has 3 aromatic rings. The summed E-state index contributed by atoms with van der Waals surface area (Å²) in [5.41, 5.74) is 3.23. The molecule has 0 fully saturated rings. The molecule has 1 atom stereocenters. The molecular formula is C16H16N6O2. The van der Waals surface area contributed by atoms with Crippen LogP contribution in [-0.2, 0) is 13.5 Å². The van der Waals surface area contributed by atoms with Crippen LogP contribution < -0.4 is 5.32 Å². The number of hydrogen-bond acceptors (Lipinski definition) is 6. The van der Waals surface area contributed by atoms with Gasteiger partial charge in [-0.15, -0.1) is 10.2 Å². The Kier molecular flexibility index (Phi) is 3.37. The average molecular weight is 324 g/mol. The number of nitrogens with zero attached hydrogens (tertiary/aromatic N) is 5. The number of fused-ring (bicyclic) bond motifs is 1. The molecule has 0 aliphatic heterocycles. The molecule has 1 unspecified atom stereocenters. The van der Waals surface area contributed by atoms with Gasteiger partial charge in [0.2, 0.25) is 17.5 Å². The monoisotopic (exact) mass is 324 g/mol. The van der Waals surface area contributed by atoms with Crippen molar-refractivity contribution in [1.82, 2.24) is 30.2 Å². The molecule has 8 heteroatoms. The van der Waals surface area contributed by atoms with E-state index in [0.717, 1.165) is 24.0 Å². The Bertz CT molecular complexity index is 913. The Labute approximate surface area is 137 Å². The number of carbonyl (C=O) groups excluding carboxylic acids is 1. The number of aromatic nitrogens is 5. The summed E-state index contributed by atoms with van der Waals surface area (Å²) >= 11 is 0. The first kappa shape index (κ1) is 14.6. The molecule has 1 aliphatic carbocycles. The molecule has 0 bridgehead atoms. The second-order valence-electron chi connectivity index (χ2n) is 5.88. The third-order valence-corrected chi connectivity index (χ3v) is 4.23.